The number of nitrogens with one attached hydrogen (secondary N) is 1. The van der Waals surface area contributed by atoms with Crippen molar-refractivity contribution in [3.05, 3.63) is 28.5 Å². The highest BCUT2D eigenvalue weighted by Gasteiger charge is 2.25. The smallest absolute Gasteiger partial charge is 0.331 e. The average molecular weight is 299 g/mol. The number of fused-ring (bicyclic) bond motifs is 1. The monoisotopic (exact) mass is 299 g/mol. The number of nitriles is 1. The molecule has 1 heterocycles. The van der Waals surface area contributed by atoms with E-state index in [1.54, 1.807) is 22.8 Å². The van der Waals surface area contributed by atoms with Crippen molar-refractivity contribution >= 4 is 23.3 Å². The largest absolute Gasteiger partial charge is 0.389 e. The van der Waals surface area contributed by atoms with Crippen LogP contribution in [-0.4, -0.2) is 15.7 Å². The number of rotatable bonds is 4. The molecule has 0 unspecified atom stereocenters. The quantitative estimate of drug-likeness (QED) is 0.675. The van der Waals surface area contributed by atoms with Gasteiger partial charge in [-0.25, -0.2) is 0 Å². The van der Waals surface area contributed by atoms with E-state index in [4.69, 9.17) is 17.5 Å². The summed E-state index contributed by atoms with van der Waals surface area (Å²) >= 11 is 5.16. The molecule has 106 valence electrons. The number of benzene rings is 1. The number of imidazole rings is 1. The van der Waals surface area contributed by atoms with Gasteiger partial charge in [0.2, 0.25) is 0 Å². The van der Waals surface area contributed by atoms with Gasteiger partial charge in [-0.2, -0.15) is 18.4 Å². The number of unbranched alkanes of at least 4 members (excludes halogenated alkanes) is 1. The molecule has 2 rings (SSSR count). The molecule has 0 radical (unpaired) electrons. The van der Waals surface area contributed by atoms with Crippen LogP contribution in [0.1, 0.15) is 24.8 Å². The molecule has 1 N–H and O–H groups in total. The summed E-state index contributed by atoms with van der Waals surface area (Å²) in [6.07, 6.45) is -4.45. The van der Waals surface area contributed by atoms with Crippen molar-refractivity contribution < 1.29 is 13.2 Å². The Kier molecular flexibility index (Phi) is 4.14. The number of aromatic amines is 1. The Hall–Kier alpha value is -1.81. The van der Waals surface area contributed by atoms with Gasteiger partial charge in [-0.05, 0) is 43.3 Å². The first-order valence-corrected chi connectivity index (χ1v) is 6.51. The van der Waals surface area contributed by atoms with Crippen molar-refractivity contribution in [3.63, 3.8) is 0 Å². The molecule has 0 spiro atoms. The van der Waals surface area contributed by atoms with Gasteiger partial charge >= 0.3 is 6.18 Å². The van der Waals surface area contributed by atoms with Gasteiger partial charge in [-0.15, -0.1) is 0 Å². The predicted molar refractivity (Wildman–Crippen MR) is 71.7 cm³/mol. The molecule has 0 aliphatic heterocycles. The minimum Gasteiger partial charge on any atom is -0.331 e. The summed E-state index contributed by atoms with van der Waals surface area (Å²) < 4.78 is 38.4. The molecule has 0 atom stereocenters. The van der Waals surface area contributed by atoms with E-state index in [2.05, 4.69) is 4.98 Å². The first-order chi connectivity index (χ1) is 9.40. The Balaban J connectivity index is 2.15. The molecule has 7 heteroatoms. The summed E-state index contributed by atoms with van der Waals surface area (Å²) in [7, 11) is 0. The van der Waals surface area contributed by atoms with Crippen LogP contribution in [0.5, 0.6) is 0 Å². The van der Waals surface area contributed by atoms with Crippen molar-refractivity contribution in [1.29, 1.82) is 5.26 Å². The van der Waals surface area contributed by atoms with Crippen molar-refractivity contribution in [2.75, 3.05) is 0 Å². The van der Waals surface area contributed by atoms with Crippen molar-refractivity contribution in [2.45, 2.75) is 32.0 Å². The summed E-state index contributed by atoms with van der Waals surface area (Å²) in [5.41, 5.74) is 2.03. The zero-order valence-corrected chi connectivity index (χ0v) is 11.3. The second-order valence-corrected chi connectivity index (χ2v) is 4.88. The van der Waals surface area contributed by atoms with Crippen LogP contribution in [0.15, 0.2) is 18.2 Å². The maximum Gasteiger partial charge on any atom is 0.389 e. The third-order valence-electron chi connectivity index (χ3n) is 3.00. The van der Waals surface area contributed by atoms with Gasteiger partial charge in [-0.1, -0.05) is 0 Å². The summed E-state index contributed by atoms with van der Waals surface area (Å²) in [4.78, 5) is 2.98. The maximum atomic E-state index is 12.1. The van der Waals surface area contributed by atoms with E-state index in [-0.39, 0.29) is 6.42 Å². The minimum atomic E-state index is -4.12. The predicted octanol–water partition coefficient (Wildman–Crippen LogP) is 4.30. The number of hydrogen-bond acceptors (Lipinski definition) is 2. The van der Waals surface area contributed by atoms with E-state index in [0.29, 0.717) is 23.3 Å². The van der Waals surface area contributed by atoms with Crippen LogP contribution in [0.3, 0.4) is 0 Å². The van der Waals surface area contributed by atoms with Crippen LogP contribution in [0, 0.1) is 16.1 Å². The Morgan fingerprint density at radius 1 is 1.30 bits per heavy atom. The lowest BCUT2D eigenvalue weighted by Crippen LogP contribution is -2.07. The van der Waals surface area contributed by atoms with Gasteiger partial charge in [-0.3, -0.25) is 0 Å². The van der Waals surface area contributed by atoms with Gasteiger partial charge in [0.15, 0.2) is 4.77 Å². The number of hydrogen-bond donors (Lipinski definition) is 1. The van der Waals surface area contributed by atoms with Crippen molar-refractivity contribution in [1.82, 2.24) is 9.55 Å². The maximum absolute atomic E-state index is 12.1. The van der Waals surface area contributed by atoms with E-state index >= 15 is 0 Å². The van der Waals surface area contributed by atoms with Crippen molar-refractivity contribution in [2.24, 2.45) is 0 Å². The second kappa shape index (κ2) is 5.67. The minimum absolute atomic E-state index is 0.0654. The number of aromatic nitrogens is 2. The number of alkyl halides is 3. The fourth-order valence-electron chi connectivity index (χ4n) is 2.04. The molecule has 1 aromatic heterocycles. The number of H-pyrrole nitrogens is 1. The normalized spacial score (nSPS) is 11.7. The van der Waals surface area contributed by atoms with Crippen LogP contribution >= 0.6 is 12.2 Å². The van der Waals surface area contributed by atoms with Crippen LogP contribution in [0.25, 0.3) is 11.0 Å². The molecule has 0 amide bonds. The zero-order chi connectivity index (χ0) is 14.8. The number of aryl methyl sites for hydroxylation is 1. The molecule has 2 aromatic rings. The molecule has 1 aromatic carbocycles. The lowest BCUT2D eigenvalue weighted by molar-refractivity contribution is -0.135. The molecule has 0 saturated heterocycles. The fraction of sp³-hybridized carbons (Fsp3) is 0.385. The summed E-state index contributed by atoms with van der Waals surface area (Å²) in [5.74, 6) is 0. The first-order valence-electron chi connectivity index (χ1n) is 6.10. The SMILES string of the molecule is N#Cc1ccc2[nH]c(=S)n(CCCCC(F)(F)F)c2c1. The highest BCUT2D eigenvalue weighted by atomic mass is 32.1. The van der Waals surface area contributed by atoms with Crippen LogP contribution < -0.4 is 0 Å². The van der Waals surface area contributed by atoms with Gasteiger partial charge in [0, 0.05) is 13.0 Å². The Morgan fingerprint density at radius 2 is 2.05 bits per heavy atom. The molecular weight excluding hydrogens is 287 g/mol. The molecule has 0 fully saturated rings. The lowest BCUT2D eigenvalue weighted by atomic mass is 10.2. The Bertz CT molecular complexity index is 706. The Morgan fingerprint density at radius 3 is 2.70 bits per heavy atom. The third kappa shape index (κ3) is 3.39. The van der Waals surface area contributed by atoms with Crippen LogP contribution in [0.2, 0.25) is 0 Å². The van der Waals surface area contributed by atoms with Gasteiger partial charge in [0.25, 0.3) is 0 Å². The van der Waals surface area contributed by atoms with Crippen LogP contribution in [-0.2, 0) is 6.54 Å². The zero-order valence-electron chi connectivity index (χ0n) is 10.5. The van der Waals surface area contributed by atoms with Crippen LogP contribution in [0.4, 0.5) is 13.2 Å². The average Bonchev–Trinajstić information content (AvgIpc) is 2.68. The molecule has 0 bridgehead atoms. The molecular formula is C13H12F3N3S. The van der Waals surface area contributed by atoms with Crippen molar-refractivity contribution in [3.8, 4) is 6.07 Å². The highest BCUT2D eigenvalue weighted by molar-refractivity contribution is 7.71. The van der Waals surface area contributed by atoms with E-state index in [1.165, 1.54) is 0 Å². The van der Waals surface area contributed by atoms with Gasteiger partial charge in [0.05, 0.1) is 22.7 Å². The summed E-state index contributed by atoms with van der Waals surface area (Å²) in [6, 6.07) is 7.13. The van der Waals surface area contributed by atoms with E-state index in [1.807, 2.05) is 6.07 Å². The lowest BCUT2D eigenvalue weighted by Gasteiger charge is -2.07. The fourth-order valence-corrected chi connectivity index (χ4v) is 2.34. The van der Waals surface area contributed by atoms with Gasteiger partial charge < -0.3 is 9.55 Å². The molecule has 0 aliphatic carbocycles. The number of nitrogens with zero attached hydrogens (tertiary/aromatic N) is 2. The summed E-state index contributed by atoms with van der Waals surface area (Å²) in [6.45, 7) is 0.407. The van der Waals surface area contributed by atoms with E-state index in [0.717, 1.165) is 11.0 Å². The Labute approximate surface area is 118 Å². The first kappa shape index (κ1) is 14.6. The second-order valence-electron chi connectivity index (χ2n) is 4.50. The molecule has 20 heavy (non-hydrogen) atoms. The standard InChI is InChI=1S/C13H12F3N3S/c14-13(15,16)5-1-2-6-19-11-7-9(8-17)3-4-10(11)18-12(19)20/h3-4,7H,1-2,5-6H2,(H,18,20). The third-order valence-corrected chi connectivity index (χ3v) is 3.32. The molecule has 3 nitrogen and oxygen atoms in total. The molecule has 0 aliphatic rings. The summed E-state index contributed by atoms with van der Waals surface area (Å²) in [5, 5.41) is 8.88. The topological polar surface area (TPSA) is 44.5 Å². The number of halogens is 3. The van der Waals surface area contributed by atoms with E-state index in [9.17, 15) is 13.2 Å². The van der Waals surface area contributed by atoms with Gasteiger partial charge in [0.1, 0.15) is 0 Å². The highest BCUT2D eigenvalue weighted by Crippen LogP contribution is 2.23. The van der Waals surface area contributed by atoms with E-state index < -0.39 is 12.6 Å². The molecule has 0 saturated carbocycles.